The summed E-state index contributed by atoms with van der Waals surface area (Å²) >= 11 is 0. The second-order valence-corrected chi connectivity index (χ2v) is 8.37. The summed E-state index contributed by atoms with van der Waals surface area (Å²) in [6, 6.07) is 2.08. The molecule has 2 N–H and O–H groups in total. The van der Waals surface area contributed by atoms with Gasteiger partial charge in [0.25, 0.3) is 5.56 Å². The van der Waals surface area contributed by atoms with Gasteiger partial charge in [-0.1, -0.05) is 19.3 Å². The van der Waals surface area contributed by atoms with E-state index in [0.29, 0.717) is 31.5 Å². The Balaban J connectivity index is 1.48. The summed E-state index contributed by atoms with van der Waals surface area (Å²) in [5, 5.41) is 10.0. The SMILES string of the molecule is Cc1nc(CN2C[C@H]3CN(C4CCCCC4)C[C@@]3(C(=O)O)C2)cc(=O)[nH]1. The molecule has 4 rings (SSSR count). The molecule has 0 aromatic carbocycles. The topological polar surface area (TPSA) is 89.5 Å². The normalized spacial score (nSPS) is 30.6. The molecule has 2 aliphatic heterocycles. The van der Waals surface area contributed by atoms with E-state index in [9.17, 15) is 14.7 Å². The Hall–Kier alpha value is -1.73. The van der Waals surface area contributed by atoms with E-state index in [-0.39, 0.29) is 11.5 Å². The van der Waals surface area contributed by atoms with Gasteiger partial charge < -0.3 is 10.1 Å². The molecule has 3 fully saturated rings. The molecule has 0 bridgehead atoms. The number of hydrogen-bond donors (Lipinski definition) is 2. The number of hydrogen-bond acceptors (Lipinski definition) is 5. The van der Waals surface area contributed by atoms with Gasteiger partial charge in [0.2, 0.25) is 0 Å². The highest BCUT2D eigenvalue weighted by Gasteiger charge is 2.58. The third-order valence-corrected chi connectivity index (χ3v) is 6.52. The average molecular weight is 360 g/mol. The van der Waals surface area contributed by atoms with Crippen molar-refractivity contribution in [3.8, 4) is 0 Å². The van der Waals surface area contributed by atoms with E-state index in [1.54, 1.807) is 6.92 Å². The lowest BCUT2D eigenvalue weighted by Crippen LogP contribution is -2.43. The first-order chi connectivity index (χ1) is 12.5. The van der Waals surface area contributed by atoms with Crippen LogP contribution in [0.3, 0.4) is 0 Å². The van der Waals surface area contributed by atoms with Crippen molar-refractivity contribution in [2.45, 2.75) is 51.6 Å². The van der Waals surface area contributed by atoms with Gasteiger partial charge in [-0.3, -0.25) is 19.4 Å². The van der Waals surface area contributed by atoms with Crippen LogP contribution in [0.2, 0.25) is 0 Å². The first kappa shape index (κ1) is 17.7. The quantitative estimate of drug-likeness (QED) is 0.839. The molecule has 142 valence electrons. The monoisotopic (exact) mass is 360 g/mol. The highest BCUT2D eigenvalue weighted by molar-refractivity contribution is 5.77. The largest absolute Gasteiger partial charge is 0.481 e. The molecular weight excluding hydrogens is 332 g/mol. The van der Waals surface area contributed by atoms with Crippen LogP contribution in [-0.2, 0) is 11.3 Å². The van der Waals surface area contributed by atoms with Crippen molar-refractivity contribution in [1.29, 1.82) is 0 Å². The van der Waals surface area contributed by atoms with E-state index in [4.69, 9.17) is 0 Å². The summed E-state index contributed by atoms with van der Waals surface area (Å²) < 4.78 is 0. The fourth-order valence-corrected chi connectivity index (χ4v) is 5.31. The van der Waals surface area contributed by atoms with E-state index >= 15 is 0 Å². The minimum Gasteiger partial charge on any atom is -0.481 e. The molecule has 26 heavy (non-hydrogen) atoms. The van der Waals surface area contributed by atoms with Crippen LogP contribution in [0.15, 0.2) is 10.9 Å². The molecule has 2 saturated heterocycles. The summed E-state index contributed by atoms with van der Waals surface area (Å²) in [4.78, 5) is 35.5. The Bertz CT molecular complexity index is 743. The van der Waals surface area contributed by atoms with E-state index in [2.05, 4.69) is 19.8 Å². The maximum Gasteiger partial charge on any atom is 0.312 e. The van der Waals surface area contributed by atoms with Gasteiger partial charge in [-0.2, -0.15) is 0 Å². The van der Waals surface area contributed by atoms with Crippen molar-refractivity contribution in [3.05, 3.63) is 27.9 Å². The highest BCUT2D eigenvalue weighted by atomic mass is 16.4. The number of aliphatic carboxylic acids is 1. The predicted molar refractivity (Wildman–Crippen MR) is 96.9 cm³/mol. The first-order valence-electron chi connectivity index (χ1n) is 9.73. The minimum atomic E-state index is -0.673. The number of aryl methyl sites for hydroxylation is 1. The molecule has 0 radical (unpaired) electrons. The van der Waals surface area contributed by atoms with Gasteiger partial charge >= 0.3 is 5.97 Å². The molecule has 3 aliphatic rings. The molecule has 1 aliphatic carbocycles. The van der Waals surface area contributed by atoms with Crippen molar-refractivity contribution in [2.75, 3.05) is 26.2 Å². The number of nitrogens with one attached hydrogen (secondary N) is 1. The lowest BCUT2D eigenvalue weighted by molar-refractivity contribution is -0.149. The second kappa shape index (κ2) is 6.78. The highest BCUT2D eigenvalue weighted by Crippen LogP contribution is 2.45. The minimum absolute atomic E-state index is 0.150. The van der Waals surface area contributed by atoms with Gasteiger partial charge in [-0.05, 0) is 19.8 Å². The Morgan fingerprint density at radius 3 is 2.73 bits per heavy atom. The zero-order valence-corrected chi connectivity index (χ0v) is 15.4. The fraction of sp³-hybridized carbons (Fsp3) is 0.737. The number of carboxylic acids is 1. The average Bonchev–Trinajstić information content (AvgIpc) is 3.09. The van der Waals surface area contributed by atoms with Gasteiger partial charge in [-0.25, -0.2) is 4.98 Å². The lowest BCUT2D eigenvalue weighted by atomic mass is 9.81. The van der Waals surface area contributed by atoms with Crippen LogP contribution in [0, 0.1) is 18.3 Å². The number of H-pyrrole nitrogens is 1. The number of carbonyl (C=O) groups is 1. The van der Waals surface area contributed by atoms with Gasteiger partial charge in [0.15, 0.2) is 0 Å². The number of nitrogens with zero attached hydrogens (tertiary/aromatic N) is 3. The summed E-state index contributed by atoms with van der Waals surface area (Å²) in [5.74, 6) is 0.0895. The maximum absolute atomic E-state index is 12.2. The van der Waals surface area contributed by atoms with Crippen molar-refractivity contribution < 1.29 is 9.90 Å². The first-order valence-corrected chi connectivity index (χ1v) is 9.73. The Morgan fingerprint density at radius 2 is 2.08 bits per heavy atom. The van der Waals surface area contributed by atoms with Gasteiger partial charge in [0.05, 0.1) is 11.1 Å². The Kier molecular flexibility index (Phi) is 4.61. The third kappa shape index (κ3) is 3.18. The van der Waals surface area contributed by atoms with Crippen molar-refractivity contribution >= 4 is 5.97 Å². The standard InChI is InChI=1S/C19H28N4O3/c1-13-20-15(7-17(24)21-13)10-22-8-14-9-23(16-5-3-2-4-6-16)12-19(14,11-22)18(25)26/h7,14,16H,2-6,8-12H2,1H3,(H,25,26)(H,20,21,24)/t14-,19-/m0/s1. The lowest BCUT2D eigenvalue weighted by Gasteiger charge is -2.33. The number of aromatic amines is 1. The van der Waals surface area contributed by atoms with E-state index in [1.165, 1.54) is 38.2 Å². The van der Waals surface area contributed by atoms with Crippen LogP contribution in [0.4, 0.5) is 0 Å². The molecule has 7 nitrogen and oxygen atoms in total. The fourth-order valence-electron chi connectivity index (χ4n) is 5.31. The molecule has 0 amide bonds. The van der Waals surface area contributed by atoms with Crippen molar-refractivity contribution in [1.82, 2.24) is 19.8 Å². The summed E-state index contributed by atoms with van der Waals surface area (Å²) in [5.41, 5.74) is -0.104. The summed E-state index contributed by atoms with van der Waals surface area (Å²) in [7, 11) is 0. The van der Waals surface area contributed by atoms with Crippen LogP contribution in [0.5, 0.6) is 0 Å². The molecule has 1 saturated carbocycles. The smallest absolute Gasteiger partial charge is 0.312 e. The zero-order valence-electron chi connectivity index (χ0n) is 15.4. The molecular formula is C19H28N4O3. The molecule has 0 unspecified atom stereocenters. The Labute approximate surface area is 153 Å². The van der Waals surface area contributed by atoms with E-state index in [0.717, 1.165) is 18.8 Å². The number of fused-ring (bicyclic) bond motifs is 1. The maximum atomic E-state index is 12.2. The second-order valence-electron chi connectivity index (χ2n) is 8.37. The van der Waals surface area contributed by atoms with Crippen LogP contribution in [0.25, 0.3) is 0 Å². The van der Waals surface area contributed by atoms with Crippen LogP contribution < -0.4 is 5.56 Å². The van der Waals surface area contributed by atoms with Gasteiger partial charge in [-0.15, -0.1) is 0 Å². The van der Waals surface area contributed by atoms with Crippen LogP contribution in [-0.4, -0.2) is 63.1 Å². The number of carboxylic acid groups (broad SMARTS) is 1. The summed E-state index contributed by atoms with van der Waals surface area (Å²) in [6.45, 7) is 5.17. The van der Waals surface area contributed by atoms with Crippen LogP contribution in [0.1, 0.15) is 43.6 Å². The number of likely N-dealkylation sites (tertiary alicyclic amines) is 2. The molecule has 7 heteroatoms. The zero-order chi connectivity index (χ0) is 18.3. The van der Waals surface area contributed by atoms with Crippen LogP contribution >= 0.6 is 0 Å². The number of rotatable bonds is 4. The van der Waals surface area contributed by atoms with Crippen molar-refractivity contribution in [3.63, 3.8) is 0 Å². The molecule has 0 spiro atoms. The van der Waals surface area contributed by atoms with Crippen molar-refractivity contribution in [2.24, 2.45) is 11.3 Å². The molecule has 2 atom stereocenters. The molecule has 1 aromatic rings. The van der Waals surface area contributed by atoms with Gasteiger partial charge in [0.1, 0.15) is 5.82 Å². The van der Waals surface area contributed by atoms with E-state index in [1.807, 2.05) is 0 Å². The van der Waals surface area contributed by atoms with Gasteiger partial charge in [0, 0.05) is 50.7 Å². The molecule has 1 aromatic heterocycles. The molecule has 3 heterocycles. The third-order valence-electron chi connectivity index (χ3n) is 6.52. The Morgan fingerprint density at radius 1 is 1.31 bits per heavy atom. The van der Waals surface area contributed by atoms with E-state index < -0.39 is 11.4 Å². The summed E-state index contributed by atoms with van der Waals surface area (Å²) in [6.07, 6.45) is 6.27. The predicted octanol–water partition coefficient (Wildman–Crippen LogP) is 1.23. The number of aromatic nitrogens is 2.